The first-order valence-corrected chi connectivity index (χ1v) is 7.75. The third kappa shape index (κ3) is 2.88. The third-order valence-corrected chi connectivity index (χ3v) is 3.92. The van der Waals surface area contributed by atoms with Gasteiger partial charge in [-0.25, -0.2) is 9.97 Å². The molecule has 0 atom stereocenters. The lowest BCUT2D eigenvalue weighted by Crippen LogP contribution is -2.04. The van der Waals surface area contributed by atoms with E-state index in [1.165, 1.54) is 0 Å². The highest BCUT2D eigenvalue weighted by atomic mass is 19.3. The van der Waals surface area contributed by atoms with Gasteiger partial charge in [-0.2, -0.15) is 8.78 Å². The van der Waals surface area contributed by atoms with Gasteiger partial charge in [0.05, 0.1) is 17.2 Å². The number of alkyl halides is 2. The van der Waals surface area contributed by atoms with E-state index >= 15 is 0 Å². The molecule has 26 heavy (non-hydrogen) atoms. The van der Waals surface area contributed by atoms with E-state index in [0.29, 0.717) is 33.5 Å². The topological polar surface area (TPSA) is 65.2 Å². The second-order valence-electron chi connectivity index (χ2n) is 5.79. The molecule has 0 aliphatic carbocycles. The van der Waals surface area contributed by atoms with Crippen molar-refractivity contribution in [2.75, 3.05) is 0 Å². The Morgan fingerprint density at radius 1 is 1.19 bits per heavy atom. The van der Waals surface area contributed by atoms with Crippen LogP contribution in [0.4, 0.5) is 8.78 Å². The van der Waals surface area contributed by atoms with Crippen molar-refractivity contribution in [1.29, 1.82) is 0 Å². The van der Waals surface area contributed by atoms with Crippen LogP contribution in [-0.2, 0) is 0 Å². The average Bonchev–Trinajstić information content (AvgIpc) is 3.03. The maximum absolute atomic E-state index is 12.4. The van der Waals surface area contributed by atoms with Crippen molar-refractivity contribution >= 4 is 28.3 Å². The lowest BCUT2D eigenvalue weighted by atomic mass is 10.1. The molecule has 0 N–H and O–H groups in total. The van der Waals surface area contributed by atoms with Crippen molar-refractivity contribution in [3.05, 3.63) is 53.7 Å². The van der Waals surface area contributed by atoms with E-state index in [4.69, 9.17) is 4.42 Å². The first kappa shape index (κ1) is 16.1. The minimum atomic E-state index is -2.96. The van der Waals surface area contributed by atoms with Gasteiger partial charge < -0.3 is 9.15 Å². The van der Waals surface area contributed by atoms with Gasteiger partial charge in [0.1, 0.15) is 17.6 Å². The fourth-order valence-corrected chi connectivity index (χ4v) is 2.85. The van der Waals surface area contributed by atoms with Crippen molar-refractivity contribution in [3.8, 4) is 17.2 Å². The molecule has 4 rings (SSSR count). The zero-order valence-corrected chi connectivity index (χ0v) is 13.6. The number of nitrogens with zero attached hydrogens (tertiary/aromatic N) is 2. The number of hydrogen-bond donors (Lipinski definition) is 0. The summed E-state index contributed by atoms with van der Waals surface area (Å²) in [6.07, 6.45) is 1.92. The van der Waals surface area contributed by atoms with Crippen LogP contribution in [0.15, 0.2) is 47.0 Å². The molecular formula is C19H12F2N2O3. The van der Waals surface area contributed by atoms with Gasteiger partial charge in [0, 0.05) is 16.5 Å². The summed E-state index contributed by atoms with van der Waals surface area (Å²) in [5.41, 5.74) is 3.66. The van der Waals surface area contributed by atoms with E-state index < -0.39 is 6.61 Å². The number of carbonyl (C=O) groups excluding carboxylic acids is 1. The molecule has 2 aromatic heterocycles. The Morgan fingerprint density at radius 3 is 2.81 bits per heavy atom. The van der Waals surface area contributed by atoms with E-state index in [-0.39, 0.29) is 5.88 Å². The van der Waals surface area contributed by atoms with Crippen LogP contribution in [0, 0.1) is 6.92 Å². The second-order valence-corrected chi connectivity index (χ2v) is 5.79. The first-order valence-electron chi connectivity index (χ1n) is 7.75. The number of aryl methyl sites for hydroxylation is 1. The van der Waals surface area contributed by atoms with Crippen molar-refractivity contribution < 1.29 is 22.7 Å². The maximum Gasteiger partial charge on any atom is 0.388 e. The van der Waals surface area contributed by atoms with Crippen LogP contribution in [0.2, 0.25) is 0 Å². The standard InChI is InChI=1S/C19H12F2N2O3/c1-10-4-13(16-7-12-6-11(9-24)2-3-15(12)25-16)18-14(5-10)23-17(8-22-18)26-19(20)21/h2-9,19H,1H3. The summed E-state index contributed by atoms with van der Waals surface area (Å²) in [4.78, 5) is 19.3. The summed E-state index contributed by atoms with van der Waals surface area (Å²) in [7, 11) is 0. The fraction of sp³-hybridized carbons (Fsp3) is 0.105. The first-order chi connectivity index (χ1) is 12.5. The molecule has 0 aliphatic heterocycles. The summed E-state index contributed by atoms with van der Waals surface area (Å²) >= 11 is 0. The molecule has 130 valence electrons. The molecule has 7 heteroatoms. The highest BCUT2D eigenvalue weighted by Gasteiger charge is 2.15. The number of ether oxygens (including phenoxy) is 1. The van der Waals surface area contributed by atoms with Gasteiger partial charge in [0.15, 0.2) is 0 Å². The molecule has 2 heterocycles. The zero-order valence-electron chi connectivity index (χ0n) is 13.6. The number of fused-ring (bicyclic) bond motifs is 2. The molecule has 0 saturated carbocycles. The van der Waals surface area contributed by atoms with Crippen LogP contribution in [0.3, 0.4) is 0 Å². The minimum Gasteiger partial charge on any atom is -0.456 e. The highest BCUT2D eigenvalue weighted by molar-refractivity contribution is 5.95. The van der Waals surface area contributed by atoms with Crippen LogP contribution in [0.25, 0.3) is 33.3 Å². The number of benzene rings is 2. The molecule has 0 fully saturated rings. The summed E-state index contributed by atoms with van der Waals surface area (Å²) < 4.78 is 35.0. The SMILES string of the molecule is Cc1cc(-c2cc3cc(C=O)ccc3o2)c2ncc(OC(F)F)nc2c1. The van der Waals surface area contributed by atoms with E-state index in [0.717, 1.165) is 23.4 Å². The average molecular weight is 354 g/mol. The molecule has 0 saturated heterocycles. The Kier molecular flexibility index (Phi) is 3.84. The van der Waals surface area contributed by atoms with Crippen molar-refractivity contribution in [2.45, 2.75) is 13.5 Å². The van der Waals surface area contributed by atoms with Crippen LogP contribution >= 0.6 is 0 Å². The molecular weight excluding hydrogens is 342 g/mol. The third-order valence-electron chi connectivity index (χ3n) is 3.92. The second kappa shape index (κ2) is 6.18. The highest BCUT2D eigenvalue weighted by Crippen LogP contribution is 2.33. The lowest BCUT2D eigenvalue weighted by Gasteiger charge is -2.07. The predicted octanol–water partition coefficient (Wildman–Crippen LogP) is 4.77. The van der Waals surface area contributed by atoms with Crippen LogP contribution in [0.1, 0.15) is 15.9 Å². The number of aromatic nitrogens is 2. The Bertz CT molecular complexity index is 1140. The molecule has 0 bridgehead atoms. The van der Waals surface area contributed by atoms with E-state index in [9.17, 15) is 13.6 Å². The Balaban J connectivity index is 1.89. The van der Waals surface area contributed by atoms with E-state index in [2.05, 4.69) is 14.7 Å². The van der Waals surface area contributed by atoms with Crippen molar-refractivity contribution in [3.63, 3.8) is 0 Å². The minimum absolute atomic E-state index is 0.246. The van der Waals surface area contributed by atoms with Crippen LogP contribution in [-0.4, -0.2) is 22.9 Å². The van der Waals surface area contributed by atoms with Gasteiger partial charge in [-0.15, -0.1) is 0 Å². The molecule has 0 spiro atoms. The summed E-state index contributed by atoms with van der Waals surface area (Å²) in [6, 6.07) is 10.5. The van der Waals surface area contributed by atoms with E-state index in [1.54, 1.807) is 24.3 Å². The Hall–Kier alpha value is -3.35. The monoisotopic (exact) mass is 354 g/mol. The smallest absolute Gasteiger partial charge is 0.388 e. The Labute approximate surface area is 146 Å². The normalized spacial score (nSPS) is 11.4. The zero-order chi connectivity index (χ0) is 18.3. The molecule has 0 amide bonds. The van der Waals surface area contributed by atoms with Gasteiger partial charge in [0.2, 0.25) is 5.88 Å². The van der Waals surface area contributed by atoms with Crippen LogP contribution in [0.5, 0.6) is 5.88 Å². The quantitative estimate of drug-likeness (QED) is 0.494. The van der Waals surface area contributed by atoms with Gasteiger partial charge >= 0.3 is 6.61 Å². The number of hydrogen-bond acceptors (Lipinski definition) is 5. The summed E-state index contributed by atoms with van der Waals surface area (Å²) in [5, 5.41) is 0.782. The van der Waals surface area contributed by atoms with E-state index in [1.807, 2.05) is 19.1 Å². The maximum atomic E-state index is 12.4. The van der Waals surface area contributed by atoms with Gasteiger partial charge in [-0.3, -0.25) is 4.79 Å². The molecule has 0 radical (unpaired) electrons. The molecule has 0 aliphatic rings. The summed E-state index contributed by atoms with van der Waals surface area (Å²) in [5.74, 6) is 0.304. The fourth-order valence-electron chi connectivity index (χ4n) is 2.85. The number of carbonyl (C=O) groups is 1. The molecule has 5 nitrogen and oxygen atoms in total. The number of furan rings is 1. The Morgan fingerprint density at radius 2 is 2.04 bits per heavy atom. The van der Waals surface area contributed by atoms with Crippen molar-refractivity contribution in [1.82, 2.24) is 9.97 Å². The van der Waals surface area contributed by atoms with Gasteiger partial charge in [0.25, 0.3) is 0 Å². The summed E-state index contributed by atoms with van der Waals surface area (Å²) in [6.45, 7) is -1.10. The largest absolute Gasteiger partial charge is 0.456 e. The molecule has 4 aromatic rings. The predicted molar refractivity (Wildman–Crippen MR) is 91.5 cm³/mol. The lowest BCUT2D eigenvalue weighted by molar-refractivity contribution is -0.0528. The van der Waals surface area contributed by atoms with Crippen LogP contribution < -0.4 is 4.74 Å². The number of halogens is 2. The molecule has 2 aromatic carbocycles. The van der Waals surface area contributed by atoms with Gasteiger partial charge in [-0.05, 0) is 48.9 Å². The number of aldehydes is 1. The van der Waals surface area contributed by atoms with Gasteiger partial charge in [-0.1, -0.05) is 0 Å². The van der Waals surface area contributed by atoms with Crippen molar-refractivity contribution in [2.24, 2.45) is 0 Å². The number of rotatable bonds is 4. The molecule has 0 unspecified atom stereocenters.